The van der Waals surface area contributed by atoms with Gasteiger partial charge in [-0.2, -0.15) is 0 Å². The van der Waals surface area contributed by atoms with Crippen LogP contribution in [0.5, 0.6) is 0 Å². The van der Waals surface area contributed by atoms with Crippen molar-refractivity contribution in [3.8, 4) is 0 Å². The predicted octanol–water partition coefficient (Wildman–Crippen LogP) is 2.23. The average molecular weight is 253 g/mol. The van der Waals surface area contributed by atoms with Crippen molar-refractivity contribution in [2.45, 2.75) is 45.2 Å². The van der Waals surface area contributed by atoms with Crippen LogP contribution in [0.4, 0.5) is 0 Å². The first-order valence-electron chi connectivity index (χ1n) is 6.33. The van der Waals surface area contributed by atoms with Crippen molar-refractivity contribution in [3.05, 3.63) is 16.1 Å². The largest absolute Gasteiger partial charge is 0.316 e. The summed E-state index contributed by atoms with van der Waals surface area (Å²) < 4.78 is 0. The Morgan fingerprint density at radius 1 is 1.53 bits per heavy atom. The number of likely N-dealkylation sites (tertiary alicyclic amines) is 1. The van der Waals surface area contributed by atoms with Crippen LogP contribution in [-0.2, 0) is 12.0 Å². The van der Waals surface area contributed by atoms with Gasteiger partial charge in [0.2, 0.25) is 0 Å². The number of hydrogen-bond donors (Lipinski definition) is 1. The molecule has 1 atom stereocenters. The van der Waals surface area contributed by atoms with Crippen LogP contribution in [0.1, 0.15) is 37.9 Å². The fourth-order valence-corrected chi connectivity index (χ4v) is 3.06. The quantitative estimate of drug-likeness (QED) is 0.895. The van der Waals surface area contributed by atoms with E-state index in [1.807, 2.05) is 0 Å². The lowest BCUT2D eigenvalue weighted by Gasteiger charge is -2.15. The van der Waals surface area contributed by atoms with Gasteiger partial charge in [-0.15, -0.1) is 11.3 Å². The summed E-state index contributed by atoms with van der Waals surface area (Å²) in [5.74, 6) is 0. The molecule has 1 saturated heterocycles. The molecule has 0 aromatic carbocycles. The molecule has 1 aliphatic heterocycles. The molecule has 0 radical (unpaired) electrons. The van der Waals surface area contributed by atoms with Gasteiger partial charge in [0, 0.05) is 36.5 Å². The van der Waals surface area contributed by atoms with E-state index in [4.69, 9.17) is 4.98 Å². The van der Waals surface area contributed by atoms with E-state index in [0.29, 0.717) is 6.04 Å². The first-order chi connectivity index (χ1) is 7.99. The SMILES string of the molecule is CNC1CCN(Cc2csc(C(C)(C)C)n2)C1. The highest BCUT2D eigenvalue weighted by Crippen LogP contribution is 2.26. The Bertz CT molecular complexity index is 367. The number of nitrogens with zero attached hydrogens (tertiary/aromatic N) is 2. The van der Waals surface area contributed by atoms with Gasteiger partial charge in [-0.25, -0.2) is 4.98 Å². The van der Waals surface area contributed by atoms with Crippen LogP contribution in [-0.4, -0.2) is 36.1 Å². The van der Waals surface area contributed by atoms with Gasteiger partial charge in [0.05, 0.1) is 10.7 Å². The number of nitrogens with one attached hydrogen (secondary N) is 1. The summed E-state index contributed by atoms with van der Waals surface area (Å²) in [6.45, 7) is 10.0. The van der Waals surface area contributed by atoms with Crippen molar-refractivity contribution < 1.29 is 0 Å². The smallest absolute Gasteiger partial charge is 0.0982 e. The molecule has 0 spiro atoms. The molecule has 0 saturated carbocycles. The minimum Gasteiger partial charge on any atom is -0.316 e. The molecule has 3 nitrogen and oxygen atoms in total. The van der Waals surface area contributed by atoms with E-state index in [1.165, 1.54) is 23.7 Å². The number of thiazole rings is 1. The topological polar surface area (TPSA) is 28.2 Å². The van der Waals surface area contributed by atoms with Gasteiger partial charge in [0.1, 0.15) is 0 Å². The Kier molecular flexibility index (Phi) is 3.85. The number of rotatable bonds is 3. The lowest BCUT2D eigenvalue weighted by atomic mass is 9.98. The third kappa shape index (κ3) is 3.27. The number of likely N-dealkylation sites (N-methyl/N-ethyl adjacent to an activating group) is 1. The summed E-state index contributed by atoms with van der Waals surface area (Å²) in [6.07, 6.45) is 1.26. The number of aromatic nitrogens is 1. The van der Waals surface area contributed by atoms with Crippen LogP contribution in [0.3, 0.4) is 0 Å². The van der Waals surface area contributed by atoms with Gasteiger partial charge in [-0.05, 0) is 13.5 Å². The molecule has 1 N–H and O–H groups in total. The van der Waals surface area contributed by atoms with E-state index in [9.17, 15) is 0 Å². The second kappa shape index (κ2) is 5.04. The molecule has 1 aromatic rings. The van der Waals surface area contributed by atoms with Crippen molar-refractivity contribution in [2.75, 3.05) is 20.1 Å². The first kappa shape index (κ1) is 13.0. The summed E-state index contributed by atoms with van der Waals surface area (Å²) in [5.41, 5.74) is 1.42. The monoisotopic (exact) mass is 253 g/mol. The van der Waals surface area contributed by atoms with Crippen molar-refractivity contribution in [1.29, 1.82) is 0 Å². The Morgan fingerprint density at radius 3 is 2.82 bits per heavy atom. The lowest BCUT2D eigenvalue weighted by molar-refractivity contribution is 0.318. The van der Waals surface area contributed by atoms with E-state index in [1.54, 1.807) is 11.3 Å². The molecular weight excluding hydrogens is 230 g/mol. The molecule has 96 valence electrons. The zero-order valence-electron chi connectivity index (χ0n) is 11.3. The Balaban J connectivity index is 1.94. The molecular formula is C13H23N3S. The third-order valence-corrected chi connectivity index (χ3v) is 4.58. The molecule has 2 heterocycles. The molecule has 1 fully saturated rings. The van der Waals surface area contributed by atoms with Gasteiger partial charge in [-0.1, -0.05) is 20.8 Å². The molecule has 17 heavy (non-hydrogen) atoms. The van der Waals surface area contributed by atoms with Crippen LogP contribution in [0, 0.1) is 0 Å². The van der Waals surface area contributed by atoms with Gasteiger partial charge >= 0.3 is 0 Å². The highest BCUT2D eigenvalue weighted by atomic mass is 32.1. The Morgan fingerprint density at radius 2 is 2.29 bits per heavy atom. The zero-order chi connectivity index (χ0) is 12.5. The minimum absolute atomic E-state index is 0.182. The highest BCUT2D eigenvalue weighted by Gasteiger charge is 2.23. The molecule has 4 heteroatoms. The fraction of sp³-hybridized carbons (Fsp3) is 0.769. The van der Waals surface area contributed by atoms with Crippen LogP contribution < -0.4 is 5.32 Å². The standard InChI is InChI=1S/C13H23N3S/c1-13(2,3)12-15-11(9-17-12)8-16-6-5-10(7-16)14-4/h9-10,14H,5-8H2,1-4H3. The molecule has 1 unspecified atom stereocenters. The van der Waals surface area contributed by atoms with Gasteiger partial charge < -0.3 is 5.32 Å². The molecule has 0 aliphatic carbocycles. The molecule has 2 rings (SSSR count). The maximum Gasteiger partial charge on any atom is 0.0982 e. The summed E-state index contributed by atoms with van der Waals surface area (Å²) in [6, 6.07) is 0.663. The molecule has 1 aromatic heterocycles. The normalized spacial score (nSPS) is 22.2. The predicted molar refractivity (Wildman–Crippen MR) is 73.6 cm³/mol. The lowest BCUT2D eigenvalue weighted by Crippen LogP contribution is -2.29. The van der Waals surface area contributed by atoms with E-state index in [0.717, 1.165) is 13.1 Å². The van der Waals surface area contributed by atoms with E-state index >= 15 is 0 Å². The van der Waals surface area contributed by atoms with Gasteiger partial charge in [0.15, 0.2) is 0 Å². The molecule has 0 amide bonds. The van der Waals surface area contributed by atoms with Crippen LogP contribution in [0.25, 0.3) is 0 Å². The first-order valence-corrected chi connectivity index (χ1v) is 7.21. The molecule has 0 bridgehead atoms. The van der Waals surface area contributed by atoms with Crippen molar-refractivity contribution >= 4 is 11.3 Å². The van der Waals surface area contributed by atoms with Crippen molar-refractivity contribution in [2.24, 2.45) is 0 Å². The zero-order valence-corrected chi connectivity index (χ0v) is 12.1. The van der Waals surface area contributed by atoms with Gasteiger partial charge in [-0.3, -0.25) is 4.90 Å². The maximum absolute atomic E-state index is 4.75. The van der Waals surface area contributed by atoms with Crippen molar-refractivity contribution in [1.82, 2.24) is 15.2 Å². The van der Waals surface area contributed by atoms with Crippen LogP contribution >= 0.6 is 11.3 Å². The van der Waals surface area contributed by atoms with E-state index in [2.05, 4.69) is 43.4 Å². The summed E-state index contributed by atoms with van der Waals surface area (Å²) in [4.78, 5) is 7.24. The van der Waals surface area contributed by atoms with Crippen molar-refractivity contribution in [3.63, 3.8) is 0 Å². The second-order valence-electron chi connectivity index (χ2n) is 5.90. The van der Waals surface area contributed by atoms with E-state index in [-0.39, 0.29) is 5.41 Å². The summed E-state index contributed by atoms with van der Waals surface area (Å²) in [5, 5.41) is 6.81. The fourth-order valence-electron chi connectivity index (χ4n) is 2.17. The second-order valence-corrected chi connectivity index (χ2v) is 6.76. The van der Waals surface area contributed by atoms with Gasteiger partial charge in [0.25, 0.3) is 0 Å². The molecule has 1 aliphatic rings. The van der Waals surface area contributed by atoms with Crippen LogP contribution in [0.2, 0.25) is 0 Å². The Labute approximate surface area is 108 Å². The van der Waals surface area contributed by atoms with Crippen LogP contribution in [0.15, 0.2) is 5.38 Å². The highest BCUT2D eigenvalue weighted by molar-refractivity contribution is 7.09. The number of hydrogen-bond acceptors (Lipinski definition) is 4. The minimum atomic E-state index is 0.182. The Hall–Kier alpha value is -0.450. The third-order valence-electron chi connectivity index (χ3n) is 3.26. The summed E-state index contributed by atoms with van der Waals surface area (Å²) in [7, 11) is 2.05. The summed E-state index contributed by atoms with van der Waals surface area (Å²) >= 11 is 1.79. The maximum atomic E-state index is 4.75. The average Bonchev–Trinajstić information content (AvgIpc) is 2.86. The van der Waals surface area contributed by atoms with E-state index < -0.39 is 0 Å².